The van der Waals surface area contributed by atoms with Gasteiger partial charge in [0.1, 0.15) is 11.4 Å². The maximum absolute atomic E-state index is 13.2. The van der Waals surface area contributed by atoms with Crippen molar-refractivity contribution in [3.05, 3.63) is 59.2 Å². The number of hydrogen-bond acceptors (Lipinski definition) is 3. The molecule has 33 heavy (non-hydrogen) atoms. The molecule has 174 valence electrons. The van der Waals surface area contributed by atoms with E-state index < -0.39 is 23.2 Å². The molecule has 2 heterocycles. The first-order valence-electron chi connectivity index (χ1n) is 10.6. The molecule has 0 spiro atoms. The van der Waals surface area contributed by atoms with E-state index >= 15 is 0 Å². The van der Waals surface area contributed by atoms with Crippen molar-refractivity contribution in [3.8, 4) is 5.75 Å². The Morgan fingerprint density at radius 1 is 1.27 bits per heavy atom. The van der Waals surface area contributed by atoms with E-state index in [1.54, 1.807) is 30.9 Å². The van der Waals surface area contributed by atoms with Crippen molar-refractivity contribution >= 4 is 28.9 Å². The molecule has 0 bridgehead atoms. The second-order valence-corrected chi connectivity index (χ2v) is 8.61. The van der Waals surface area contributed by atoms with Crippen LogP contribution < -0.4 is 20.3 Å². The lowest BCUT2D eigenvalue weighted by molar-refractivity contribution is -0.137. The molecule has 0 aliphatic carbocycles. The quantitative estimate of drug-likeness (QED) is 0.609. The Morgan fingerprint density at radius 2 is 2.03 bits per heavy atom. The minimum absolute atomic E-state index is 0.0958. The lowest BCUT2D eigenvalue weighted by Crippen LogP contribution is -2.44. The fourth-order valence-electron chi connectivity index (χ4n) is 4.21. The average Bonchev–Trinajstić information content (AvgIpc) is 2.71. The highest BCUT2D eigenvalue weighted by atomic mass is 19.4. The first-order valence-corrected chi connectivity index (χ1v) is 10.6. The van der Waals surface area contributed by atoms with Gasteiger partial charge in [-0.2, -0.15) is 13.2 Å². The van der Waals surface area contributed by atoms with Crippen molar-refractivity contribution in [3.63, 3.8) is 0 Å². The number of urea groups is 1. The number of nitrogens with one attached hydrogen (secondary N) is 2. The van der Waals surface area contributed by atoms with Crippen molar-refractivity contribution in [1.29, 1.82) is 0 Å². The molecule has 3 amide bonds. The number of anilines is 2. The van der Waals surface area contributed by atoms with Gasteiger partial charge in [-0.3, -0.25) is 9.69 Å². The molecule has 0 aromatic heterocycles. The van der Waals surface area contributed by atoms with Crippen molar-refractivity contribution in [1.82, 2.24) is 5.32 Å². The standard InChI is InChI=1S/C24H24F3N3O3/c1-4-30-19-7-5-6-18(17(19)13-28-22(30)32)29-21(31)10-14-12-23(2,3)33-20-11-15(24(25,26)27)8-9-16(14)20/h5-11H,4,12-13H2,1-3H3,(H,28,32)(H,29,31)/b14-10+. The first kappa shape index (κ1) is 22.7. The Balaban J connectivity index is 1.65. The van der Waals surface area contributed by atoms with Crippen molar-refractivity contribution in [2.75, 3.05) is 16.8 Å². The van der Waals surface area contributed by atoms with E-state index in [1.165, 1.54) is 12.1 Å². The number of carbonyl (C=O) groups excluding carboxylic acids is 2. The highest BCUT2D eigenvalue weighted by Crippen LogP contribution is 2.43. The molecule has 0 unspecified atom stereocenters. The van der Waals surface area contributed by atoms with Crippen molar-refractivity contribution < 1.29 is 27.5 Å². The Bertz CT molecular complexity index is 1160. The van der Waals surface area contributed by atoms with Gasteiger partial charge in [-0.1, -0.05) is 12.1 Å². The van der Waals surface area contributed by atoms with E-state index in [2.05, 4.69) is 10.6 Å². The maximum atomic E-state index is 13.2. The average molecular weight is 459 g/mol. The molecule has 0 saturated heterocycles. The zero-order valence-corrected chi connectivity index (χ0v) is 18.5. The van der Waals surface area contributed by atoms with E-state index in [9.17, 15) is 22.8 Å². The number of ether oxygens (including phenoxy) is 1. The molecule has 0 radical (unpaired) electrons. The summed E-state index contributed by atoms with van der Waals surface area (Å²) in [5, 5.41) is 5.64. The molecule has 2 aliphatic heterocycles. The van der Waals surface area contributed by atoms with Crippen LogP contribution in [-0.4, -0.2) is 24.1 Å². The third-order valence-corrected chi connectivity index (χ3v) is 5.64. The van der Waals surface area contributed by atoms with Gasteiger partial charge in [-0.25, -0.2) is 4.79 Å². The van der Waals surface area contributed by atoms with Crippen LogP contribution in [0.25, 0.3) is 5.57 Å². The van der Waals surface area contributed by atoms with Gasteiger partial charge in [0.25, 0.3) is 0 Å². The molecular formula is C24H24F3N3O3. The van der Waals surface area contributed by atoms with Gasteiger partial charge in [0, 0.05) is 42.4 Å². The van der Waals surface area contributed by atoms with Crippen LogP contribution in [0.4, 0.5) is 29.3 Å². The molecule has 2 aromatic rings. The van der Waals surface area contributed by atoms with Gasteiger partial charge in [0.2, 0.25) is 5.91 Å². The highest BCUT2D eigenvalue weighted by Gasteiger charge is 2.35. The third kappa shape index (κ3) is 4.53. The number of halogens is 3. The lowest BCUT2D eigenvalue weighted by atomic mass is 9.88. The SMILES string of the molecule is CCN1C(=O)NCc2c(NC(=O)/C=C3\CC(C)(C)Oc4cc(C(F)(F)F)ccc43)cccc21. The topological polar surface area (TPSA) is 70.7 Å². The number of carbonyl (C=O) groups is 2. The molecule has 2 N–H and O–H groups in total. The van der Waals surface area contributed by atoms with Crippen LogP contribution in [0, 0.1) is 0 Å². The fraction of sp³-hybridized carbons (Fsp3) is 0.333. The minimum atomic E-state index is -4.49. The number of rotatable bonds is 3. The number of benzene rings is 2. The highest BCUT2D eigenvalue weighted by molar-refractivity contribution is 6.06. The van der Waals surface area contributed by atoms with Gasteiger partial charge in [0.15, 0.2) is 0 Å². The molecule has 2 aromatic carbocycles. The van der Waals surface area contributed by atoms with Crippen LogP contribution in [-0.2, 0) is 17.5 Å². The zero-order chi connectivity index (χ0) is 24.0. The van der Waals surface area contributed by atoms with E-state index in [1.807, 2.05) is 13.0 Å². The minimum Gasteiger partial charge on any atom is -0.487 e. The van der Waals surface area contributed by atoms with Crippen molar-refractivity contribution in [2.24, 2.45) is 0 Å². The number of amides is 3. The zero-order valence-electron chi connectivity index (χ0n) is 18.5. The molecule has 2 aliphatic rings. The fourth-order valence-corrected chi connectivity index (χ4v) is 4.21. The summed E-state index contributed by atoms with van der Waals surface area (Å²) in [7, 11) is 0. The summed E-state index contributed by atoms with van der Waals surface area (Å²) in [5.41, 5.74) is 1.53. The largest absolute Gasteiger partial charge is 0.487 e. The van der Waals surface area contributed by atoms with Crippen LogP contribution in [0.15, 0.2) is 42.5 Å². The van der Waals surface area contributed by atoms with Gasteiger partial charge < -0.3 is 15.4 Å². The van der Waals surface area contributed by atoms with E-state index in [0.29, 0.717) is 29.8 Å². The lowest BCUT2D eigenvalue weighted by Gasteiger charge is -2.34. The summed E-state index contributed by atoms with van der Waals surface area (Å²) >= 11 is 0. The summed E-state index contributed by atoms with van der Waals surface area (Å²) in [5.74, 6) is -0.319. The number of nitrogens with zero attached hydrogens (tertiary/aromatic N) is 1. The van der Waals surface area contributed by atoms with E-state index in [-0.39, 0.29) is 18.3 Å². The van der Waals surface area contributed by atoms with Crippen LogP contribution >= 0.6 is 0 Å². The molecule has 0 saturated carbocycles. The van der Waals surface area contributed by atoms with Crippen LogP contribution in [0.1, 0.15) is 43.9 Å². The molecule has 9 heteroatoms. The normalized spacial score (nSPS) is 18.2. The van der Waals surface area contributed by atoms with Gasteiger partial charge >= 0.3 is 12.2 Å². The Hall–Kier alpha value is -3.49. The first-order chi connectivity index (χ1) is 15.5. The predicted octanol–water partition coefficient (Wildman–Crippen LogP) is 5.34. The summed E-state index contributed by atoms with van der Waals surface area (Å²) in [6.45, 7) is 6.14. The summed E-state index contributed by atoms with van der Waals surface area (Å²) in [6.07, 6.45) is -2.74. The van der Waals surface area contributed by atoms with E-state index in [4.69, 9.17) is 4.74 Å². The van der Waals surface area contributed by atoms with Crippen LogP contribution in [0.5, 0.6) is 5.75 Å². The Morgan fingerprint density at radius 3 is 2.73 bits per heavy atom. The number of alkyl halides is 3. The summed E-state index contributed by atoms with van der Waals surface area (Å²) in [4.78, 5) is 26.6. The molecule has 0 fully saturated rings. The van der Waals surface area contributed by atoms with E-state index in [0.717, 1.165) is 23.4 Å². The predicted molar refractivity (Wildman–Crippen MR) is 119 cm³/mol. The van der Waals surface area contributed by atoms with Gasteiger partial charge in [-0.05, 0) is 50.6 Å². The van der Waals surface area contributed by atoms with Crippen LogP contribution in [0.3, 0.4) is 0 Å². The van der Waals surface area contributed by atoms with Gasteiger partial charge in [-0.15, -0.1) is 0 Å². The monoisotopic (exact) mass is 459 g/mol. The summed E-state index contributed by atoms with van der Waals surface area (Å²) in [6, 6.07) is 8.42. The number of fused-ring (bicyclic) bond motifs is 2. The van der Waals surface area contributed by atoms with Gasteiger partial charge in [0.05, 0.1) is 11.3 Å². The van der Waals surface area contributed by atoms with Crippen LogP contribution in [0.2, 0.25) is 0 Å². The third-order valence-electron chi connectivity index (χ3n) is 5.64. The molecule has 6 nitrogen and oxygen atoms in total. The molecule has 0 atom stereocenters. The second kappa shape index (κ2) is 8.13. The maximum Gasteiger partial charge on any atom is 0.416 e. The molecule has 4 rings (SSSR count). The molecular weight excluding hydrogens is 435 g/mol. The second-order valence-electron chi connectivity index (χ2n) is 8.61. The summed E-state index contributed by atoms with van der Waals surface area (Å²) < 4.78 is 45.2. The Labute approximate surface area is 189 Å². The Kier molecular flexibility index (Phi) is 5.59. The number of hydrogen-bond donors (Lipinski definition) is 2. The smallest absolute Gasteiger partial charge is 0.416 e. The van der Waals surface area contributed by atoms with Crippen molar-refractivity contribution in [2.45, 2.75) is 45.5 Å².